The minimum atomic E-state index is 0.152. The second-order valence-corrected chi connectivity index (χ2v) is 5.47. The van der Waals surface area contributed by atoms with Crippen LogP contribution >= 0.6 is 22.6 Å². The van der Waals surface area contributed by atoms with Crippen molar-refractivity contribution in [1.29, 1.82) is 0 Å². The van der Waals surface area contributed by atoms with Crippen molar-refractivity contribution < 1.29 is 0 Å². The molecule has 0 radical (unpaired) electrons. The summed E-state index contributed by atoms with van der Waals surface area (Å²) in [5.41, 5.74) is 2.34. The monoisotopic (exact) mass is 356 g/mol. The Labute approximate surface area is 121 Å². The van der Waals surface area contributed by atoms with Gasteiger partial charge in [-0.3, -0.25) is 4.68 Å². The lowest BCUT2D eigenvalue weighted by Crippen LogP contribution is -2.25. The highest BCUT2D eigenvalue weighted by Gasteiger charge is 2.17. The summed E-state index contributed by atoms with van der Waals surface area (Å²) in [4.78, 5) is 0. The van der Waals surface area contributed by atoms with Crippen molar-refractivity contribution in [2.24, 2.45) is 7.05 Å². The molecule has 1 heterocycles. The van der Waals surface area contributed by atoms with E-state index in [0.29, 0.717) is 0 Å². The number of nitrogens with zero attached hydrogens (tertiary/aromatic N) is 3. The maximum absolute atomic E-state index is 4.02. The number of halogens is 1. The van der Waals surface area contributed by atoms with Crippen molar-refractivity contribution >= 4 is 22.6 Å². The third-order valence-electron chi connectivity index (χ3n) is 2.83. The Hall–Kier alpha value is -0.950. The molecule has 0 saturated heterocycles. The van der Waals surface area contributed by atoms with Crippen LogP contribution in [-0.4, -0.2) is 21.5 Å². The van der Waals surface area contributed by atoms with E-state index in [-0.39, 0.29) is 6.04 Å². The van der Waals surface area contributed by atoms with E-state index in [9.17, 15) is 0 Å². The Bertz CT molecular complexity index is 509. The number of rotatable bonds is 5. The number of aromatic nitrogens is 3. The van der Waals surface area contributed by atoms with Crippen molar-refractivity contribution in [2.75, 3.05) is 6.54 Å². The van der Waals surface area contributed by atoms with Crippen LogP contribution < -0.4 is 5.32 Å². The van der Waals surface area contributed by atoms with Gasteiger partial charge in [0.25, 0.3) is 0 Å². The highest BCUT2D eigenvalue weighted by molar-refractivity contribution is 14.1. The molecule has 0 bridgehead atoms. The molecule has 1 atom stereocenters. The van der Waals surface area contributed by atoms with Gasteiger partial charge in [0.15, 0.2) is 0 Å². The van der Waals surface area contributed by atoms with Crippen molar-refractivity contribution in [3.8, 4) is 0 Å². The molecule has 1 aromatic heterocycles. The van der Waals surface area contributed by atoms with Crippen LogP contribution in [0.15, 0.2) is 30.5 Å². The highest BCUT2D eigenvalue weighted by Crippen LogP contribution is 2.22. The quantitative estimate of drug-likeness (QED) is 0.838. The SMILES string of the molecule is CCCNC(c1cccc(I)c1)c1cnnn1C. The van der Waals surface area contributed by atoms with Gasteiger partial charge in [0.2, 0.25) is 0 Å². The number of hydrogen-bond acceptors (Lipinski definition) is 3. The van der Waals surface area contributed by atoms with E-state index in [0.717, 1.165) is 18.7 Å². The summed E-state index contributed by atoms with van der Waals surface area (Å²) in [6, 6.07) is 8.67. The molecule has 1 aromatic carbocycles. The smallest absolute Gasteiger partial charge is 0.0798 e. The minimum Gasteiger partial charge on any atom is -0.305 e. The first-order valence-electron chi connectivity index (χ1n) is 6.05. The predicted octanol–water partition coefficient (Wildman–Crippen LogP) is 2.51. The largest absolute Gasteiger partial charge is 0.305 e. The van der Waals surface area contributed by atoms with Crippen LogP contribution in [0.3, 0.4) is 0 Å². The van der Waals surface area contributed by atoms with Crippen molar-refractivity contribution in [3.63, 3.8) is 0 Å². The molecule has 4 nitrogen and oxygen atoms in total. The highest BCUT2D eigenvalue weighted by atomic mass is 127. The Balaban J connectivity index is 2.33. The number of hydrogen-bond donors (Lipinski definition) is 1. The maximum Gasteiger partial charge on any atom is 0.0798 e. The first-order chi connectivity index (χ1) is 8.72. The minimum absolute atomic E-state index is 0.152. The zero-order chi connectivity index (χ0) is 13.0. The third kappa shape index (κ3) is 3.08. The molecule has 0 aliphatic rings. The van der Waals surface area contributed by atoms with Crippen LogP contribution in [0.5, 0.6) is 0 Å². The van der Waals surface area contributed by atoms with Crippen LogP contribution in [0.2, 0.25) is 0 Å². The fourth-order valence-corrected chi connectivity index (χ4v) is 2.49. The predicted molar refractivity (Wildman–Crippen MR) is 80.3 cm³/mol. The van der Waals surface area contributed by atoms with Crippen LogP contribution in [0.1, 0.15) is 30.6 Å². The van der Waals surface area contributed by atoms with Gasteiger partial charge in [-0.05, 0) is 53.3 Å². The van der Waals surface area contributed by atoms with Gasteiger partial charge in [-0.2, -0.15) is 0 Å². The number of nitrogens with one attached hydrogen (secondary N) is 1. The van der Waals surface area contributed by atoms with E-state index in [2.05, 4.69) is 69.4 Å². The maximum atomic E-state index is 4.02. The molecule has 2 aromatic rings. The second-order valence-electron chi connectivity index (χ2n) is 4.22. The zero-order valence-electron chi connectivity index (χ0n) is 10.6. The molecule has 18 heavy (non-hydrogen) atoms. The van der Waals surface area contributed by atoms with Gasteiger partial charge in [-0.1, -0.05) is 24.3 Å². The Morgan fingerprint density at radius 2 is 2.28 bits per heavy atom. The molecule has 0 saturated carbocycles. The lowest BCUT2D eigenvalue weighted by molar-refractivity contribution is 0.550. The van der Waals surface area contributed by atoms with Gasteiger partial charge in [0.05, 0.1) is 17.9 Å². The van der Waals surface area contributed by atoms with Gasteiger partial charge in [-0.25, -0.2) is 0 Å². The van der Waals surface area contributed by atoms with Crippen LogP contribution in [-0.2, 0) is 7.05 Å². The van der Waals surface area contributed by atoms with Gasteiger partial charge >= 0.3 is 0 Å². The fraction of sp³-hybridized carbons (Fsp3) is 0.385. The van der Waals surface area contributed by atoms with E-state index < -0.39 is 0 Å². The average Bonchev–Trinajstić information content (AvgIpc) is 2.77. The van der Waals surface area contributed by atoms with Crippen molar-refractivity contribution in [3.05, 3.63) is 45.3 Å². The molecule has 0 aliphatic carbocycles. The van der Waals surface area contributed by atoms with E-state index in [1.54, 1.807) is 0 Å². The Kier molecular flexibility index (Phi) is 4.71. The van der Waals surface area contributed by atoms with Crippen LogP contribution in [0, 0.1) is 3.57 Å². The molecular formula is C13H17IN4. The number of aryl methyl sites for hydroxylation is 1. The first-order valence-corrected chi connectivity index (χ1v) is 7.13. The molecule has 1 N–H and O–H groups in total. The molecule has 0 fully saturated rings. The summed E-state index contributed by atoms with van der Waals surface area (Å²) in [7, 11) is 1.93. The molecule has 96 valence electrons. The van der Waals surface area contributed by atoms with E-state index >= 15 is 0 Å². The van der Waals surface area contributed by atoms with Gasteiger partial charge in [0.1, 0.15) is 0 Å². The fourth-order valence-electron chi connectivity index (χ4n) is 1.93. The summed E-state index contributed by atoms with van der Waals surface area (Å²) in [6.07, 6.45) is 2.93. The van der Waals surface area contributed by atoms with E-state index in [1.807, 2.05) is 17.9 Å². The Morgan fingerprint density at radius 3 is 2.89 bits per heavy atom. The normalized spacial score (nSPS) is 12.6. The Morgan fingerprint density at radius 1 is 1.44 bits per heavy atom. The molecule has 2 rings (SSSR count). The molecule has 0 spiro atoms. The molecule has 1 unspecified atom stereocenters. The molecule has 0 aliphatic heterocycles. The average molecular weight is 356 g/mol. The van der Waals surface area contributed by atoms with Gasteiger partial charge < -0.3 is 5.32 Å². The molecular weight excluding hydrogens is 339 g/mol. The van der Waals surface area contributed by atoms with Crippen LogP contribution in [0.4, 0.5) is 0 Å². The third-order valence-corrected chi connectivity index (χ3v) is 3.50. The summed E-state index contributed by atoms with van der Waals surface area (Å²) < 4.78 is 3.07. The lowest BCUT2D eigenvalue weighted by atomic mass is 10.0. The number of benzene rings is 1. The first kappa shape index (κ1) is 13.5. The van der Waals surface area contributed by atoms with E-state index in [1.165, 1.54) is 9.13 Å². The van der Waals surface area contributed by atoms with Crippen molar-refractivity contribution in [2.45, 2.75) is 19.4 Å². The second kappa shape index (κ2) is 6.29. The van der Waals surface area contributed by atoms with Crippen molar-refractivity contribution in [1.82, 2.24) is 20.3 Å². The molecule has 5 heteroatoms. The van der Waals surface area contributed by atoms with Gasteiger partial charge in [0, 0.05) is 10.6 Å². The van der Waals surface area contributed by atoms with Crippen LogP contribution in [0.25, 0.3) is 0 Å². The summed E-state index contributed by atoms with van der Waals surface area (Å²) in [6.45, 7) is 3.14. The van der Waals surface area contributed by atoms with Gasteiger partial charge in [-0.15, -0.1) is 5.10 Å². The zero-order valence-corrected chi connectivity index (χ0v) is 12.8. The molecule has 0 amide bonds. The standard InChI is InChI=1S/C13H17IN4/c1-3-7-15-13(12-9-16-17-18(12)2)10-5-4-6-11(14)8-10/h4-6,8-9,13,15H,3,7H2,1-2H3. The van der Waals surface area contributed by atoms with E-state index in [4.69, 9.17) is 0 Å². The summed E-state index contributed by atoms with van der Waals surface area (Å²) in [5, 5.41) is 11.5. The lowest BCUT2D eigenvalue weighted by Gasteiger charge is -2.19. The summed E-state index contributed by atoms with van der Waals surface area (Å²) >= 11 is 2.34. The topological polar surface area (TPSA) is 42.7 Å². The summed E-state index contributed by atoms with van der Waals surface area (Å²) in [5.74, 6) is 0.